The SMILES string of the molecule is C=CCNC(=NCC(C)(C)N1CCCCC1)NCC. The second kappa shape index (κ2) is 8.20. The zero-order valence-electron chi connectivity index (χ0n) is 12.8. The van der Waals surface area contributed by atoms with Crippen LogP contribution in [0.1, 0.15) is 40.0 Å². The van der Waals surface area contributed by atoms with Gasteiger partial charge in [-0.05, 0) is 46.7 Å². The fraction of sp³-hybridized carbons (Fsp3) is 0.800. The largest absolute Gasteiger partial charge is 0.357 e. The maximum Gasteiger partial charge on any atom is 0.191 e. The lowest BCUT2D eigenvalue weighted by Gasteiger charge is -2.40. The predicted octanol–water partition coefficient (Wildman–Crippen LogP) is 1.99. The van der Waals surface area contributed by atoms with Gasteiger partial charge in [-0.25, -0.2) is 0 Å². The summed E-state index contributed by atoms with van der Waals surface area (Å²) in [5, 5.41) is 6.51. The normalized spacial score (nSPS) is 18.2. The molecule has 1 aliphatic heterocycles. The van der Waals surface area contributed by atoms with Gasteiger partial charge in [-0.15, -0.1) is 6.58 Å². The molecule has 0 unspecified atom stereocenters. The third-order valence-corrected chi connectivity index (χ3v) is 3.59. The fourth-order valence-electron chi connectivity index (χ4n) is 2.38. The zero-order chi connectivity index (χ0) is 14.1. The Bertz CT molecular complexity index is 291. The summed E-state index contributed by atoms with van der Waals surface area (Å²) in [5.41, 5.74) is 0.136. The maximum atomic E-state index is 4.70. The number of hydrogen-bond donors (Lipinski definition) is 2. The first-order valence-electron chi connectivity index (χ1n) is 7.48. The summed E-state index contributed by atoms with van der Waals surface area (Å²) in [6.07, 6.45) is 5.87. The number of nitrogens with zero attached hydrogens (tertiary/aromatic N) is 2. The predicted molar refractivity (Wildman–Crippen MR) is 83.7 cm³/mol. The summed E-state index contributed by atoms with van der Waals surface area (Å²) < 4.78 is 0. The van der Waals surface area contributed by atoms with Gasteiger partial charge in [-0.2, -0.15) is 0 Å². The van der Waals surface area contributed by atoms with Crippen LogP contribution >= 0.6 is 0 Å². The Morgan fingerprint density at radius 3 is 2.53 bits per heavy atom. The average molecular weight is 266 g/mol. The van der Waals surface area contributed by atoms with E-state index < -0.39 is 0 Å². The van der Waals surface area contributed by atoms with Crippen LogP contribution < -0.4 is 10.6 Å². The van der Waals surface area contributed by atoms with Gasteiger partial charge in [0.1, 0.15) is 0 Å². The average Bonchev–Trinajstić information content (AvgIpc) is 2.43. The van der Waals surface area contributed by atoms with E-state index in [-0.39, 0.29) is 5.54 Å². The molecule has 4 nitrogen and oxygen atoms in total. The van der Waals surface area contributed by atoms with E-state index in [0.717, 1.165) is 25.6 Å². The van der Waals surface area contributed by atoms with Crippen LogP contribution in [-0.4, -0.2) is 49.1 Å². The minimum Gasteiger partial charge on any atom is -0.357 e. The van der Waals surface area contributed by atoms with Gasteiger partial charge < -0.3 is 10.6 Å². The Kier molecular flexibility index (Phi) is 6.92. The van der Waals surface area contributed by atoms with Crippen LogP contribution in [0, 0.1) is 0 Å². The van der Waals surface area contributed by atoms with E-state index in [1.54, 1.807) is 0 Å². The van der Waals surface area contributed by atoms with Crippen molar-refractivity contribution >= 4 is 5.96 Å². The third kappa shape index (κ3) is 5.64. The van der Waals surface area contributed by atoms with Gasteiger partial charge in [-0.3, -0.25) is 9.89 Å². The molecule has 0 saturated carbocycles. The Morgan fingerprint density at radius 2 is 1.95 bits per heavy atom. The van der Waals surface area contributed by atoms with Crippen LogP contribution in [0.2, 0.25) is 0 Å². The van der Waals surface area contributed by atoms with Crippen molar-refractivity contribution in [2.24, 2.45) is 4.99 Å². The number of aliphatic imine (C=N–C) groups is 1. The first-order valence-corrected chi connectivity index (χ1v) is 7.48. The van der Waals surface area contributed by atoms with Gasteiger partial charge in [0.2, 0.25) is 0 Å². The molecule has 0 aromatic heterocycles. The molecule has 0 aliphatic carbocycles. The van der Waals surface area contributed by atoms with Crippen molar-refractivity contribution in [3.63, 3.8) is 0 Å². The Hall–Kier alpha value is -1.03. The number of nitrogens with one attached hydrogen (secondary N) is 2. The van der Waals surface area contributed by atoms with E-state index in [1.807, 2.05) is 6.08 Å². The molecule has 1 fully saturated rings. The van der Waals surface area contributed by atoms with Crippen molar-refractivity contribution in [2.75, 3.05) is 32.7 Å². The van der Waals surface area contributed by atoms with Gasteiger partial charge in [0.25, 0.3) is 0 Å². The minimum absolute atomic E-state index is 0.136. The monoisotopic (exact) mass is 266 g/mol. The van der Waals surface area contributed by atoms with Gasteiger partial charge in [0.15, 0.2) is 5.96 Å². The summed E-state index contributed by atoms with van der Waals surface area (Å²) in [6.45, 7) is 15.2. The highest BCUT2D eigenvalue weighted by Crippen LogP contribution is 2.20. The lowest BCUT2D eigenvalue weighted by Crippen LogP contribution is -2.49. The van der Waals surface area contributed by atoms with Gasteiger partial charge in [0.05, 0.1) is 6.54 Å². The summed E-state index contributed by atoms with van der Waals surface area (Å²) in [4.78, 5) is 7.27. The lowest BCUT2D eigenvalue weighted by atomic mass is 9.99. The summed E-state index contributed by atoms with van der Waals surface area (Å²) in [7, 11) is 0. The summed E-state index contributed by atoms with van der Waals surface area (Å²) >= 11 is 0. The summed E-state index contributed by atoms with van der Waals surface area (Å²) in [6, 6.07) is 0. The first kappa shape index (κ1) is 16.0. The molecule has 1 saturated heterocycles. The van der Waals surface area contributed by atoms with Crippen LogP contribution in [0.4, 0.5) is 0 Å². The van der Waals surface area contributed by atoms with E-state index in [2.05, 4.69) is 42.9 Å². The highest BCUT2D eigenvalue weighted by Gasteiger charge is 2.27. The highest BCUT2D eigenvalue weighted by molar-refractivity contribution is 5.79. The van der Waals surface area contributed by atoms with Crippen LogP contribution in [-0.2, 0) is 0 Å². The second-order valence-corrected chi connectivity index (χ2v) is 5.72. The van der Waals surface area contributed by atoms with Crippen LogP contribution in [0.25, 0.3) is 0 Å². The van der Waals surface area contributed by atoms with E-state index in [9.17, 15) is 0 Å². The molecule has 0 aromatic carbocycles. The van der Waals surface area contributed by atoms with Gasteiger partial charge in [0, 0.05) is 18.6 Å². The van der Waals surface area contributed by atoms with Gasteiger partial charge in [-0.1, -0.05) is 12.5 Å². The van der Waals surface area contributed by atoms with E-state index in [0.29, 0.717) is 0 Å². The van der Waals surface area contributed by atoms with E-state index in [1.165, 1.54) is 32.4 Å². The molecule has 1 rings (SSSR count). The van der Waals surface area contributed by atoms with Crippen molar-refractivity contribution in [1.29, 1.82) is 0 Å². The van der Waals surface area contributed by atoms with E-state index >= 15 is 0 Å². The molecular formula is C15H30N4. The molecule has 1 aliphatic rings. The van der Waals surface area contributed by atoms with E-state index in [4.69, 9.17) is 4.99 Å². The molecule has 0 bridgehead atoms. The van der Waals surface area contributed by atoms with Crippen molar-refractivity contribution in [3.8, 4) is 0 Å². The maximum absolute atomic E-state index is 4.70. The molecule has 110 valence electrons. The molecule has 19 heavy (non-hydrogen) atoms. The molecule has 4 heteroatoms. The lowest BCUT2D eigenvalue weighted by molar-refractivity contribution is 0.102. The Balaban J connectivity index is 2.54. The topological polar surface area (TPSA) is 39.7 Å². The fourth-order valence-corrected chi connectivity index (χ4v) is 2.38. The standard InChI is InChI=1S/C15H30N4/c1-5-10-17-14(16-6-2)18-13-15(3,4)19-11-8-7-9-12-19/h5H,1,6-13H2,2-4H3,(H2,16,17,18). The Labute approximate surface area is 118 Å². The first-order chi connectivity index (χ1) is 9.10. The highest BCUT2D eigenvalue weighted by atomic mass is 15.2. The molecule has 1 heterocycles. The smallest absolute Gasteiger partial charge is 0.191 e. The third-order valence-electron chi connectivity index (χ3n) is 3.59. The number of hydrogen-bond acceptors (Lipinski definition) is 2. The molecule has 0 spiro atoms. The molecule has 2 N–H and O–H groups in total. The molecule has 0 aromatic rings. The van der Waals surface area contributed by atoms with Crippen LogP contribution in [0.15, 0.2) is 17.6 Å². The molecule has 0 radical (unpaired) electrons. The molecule has 0 amide bonds. The Morgan fingerprint density at radius 1 is 1.26 bits per heavy atom. The van der Waals surface area contributed by atoms with Crippen LogP contribution in [0.3, 0.4) is 0 Å². The van der Waals surface area contributed by atoms with Gasteiger partial charge >= 0.3 is 0 Å². The number of piperidine rings is 1. The summed E-state index contributed by atoms with van der Waals surface area (Å²) in [5.74, 6) is 0.882. The number of likely N-dealkylation sites (tertiary alicyclic amines) is 1. The minimum atomic E-state index is 0.136. The van der Waals surface area contributed by atoms with Crippen molar-refractivity contribution in [3.05, 3.63) is 12.7 Å². The second-order valence-electron chi connectivity index (χ2n) is 5.72. The molecular weight excluding hydrogens is 236 g/mol. The van der Waals surface area contributed by atoms with Crippen molar-refractivity contribution in [2.45, 2.75) is 45.6 Å². The zero-order valence-corrected chi connectivity index (χ0v) is 12.8. The molecule has 0 atom stereocenters. The van der Waals surface area contributed by atoms with Crippen LogP contribution in [0.5, 0.6) is 0 Å². The number of guanidine groups is 1. The van der Waals surface area contributed by atoms with Crippen molar-refractivity contribution < 1.29 is 0 Å². The number of rotatable bonds is 6. The quantitative estimate of drug-likeness (QED) is 0.439. The van der Waals surface area contributed by atoms with Crippen molar-refractivity contribution in [1.82, 2.24) is 15.5 Å².